The molecule has 0 spiro atoms. The van der Waals surface area contributed by atoms with Crippen LogP contribution in [-0.4, -0.2) is 47.7 Å². The van der Waals surface area contributed by atoms with Crippen LogP contribution in [0.4, 0.5) is 11.4 Å². The molecule has 8 rings (SSSR count). The molecule has 0 saturated heterocycles. The number of aromatic nitrogens is 2. The lowest BCUT2D eigenvalue weighted by Crippen LogP contribution is -2.35. The van der Waals surface area contributed by atoms with Crippen molar-refractivity contribution in [1.29, 1.82) is 0 Å². The summed E-state index contributed by atoms with van der Waals surface area (Å²) in [5.41, 5.74) is 13.8. The first-order chi connectivity index (χ1) is 27.0. The lowest BCUT2D eigenvalue weighted by molar-refractivity contribution is -0.122. The molecule has 10 nitrogen and oxygen atoms in total. The van der Waals surface area contributed by atoms with E-state index in [1.54, 1.807) is 9.80 Å². The average Bonchev–Trinajstić information content (AvgIpc) is 3.22. The third-order valence-corrected chi connectivity index (χ3v) is 12.4. The van der Waals surface area contributed by atoms with Crippen molar-refractivity contribution < 1.29 is 19.2 Å². The largest absolute Gasteiger partial charge is 0.349 e. The minimum atomic E-state index is 0.0185. The fraction of sp³-hybridized carbons (Fsp3) is 0.435. The first kappa shape index (κ1) is 38.9. The zero-order valence-electron chi connectivity index (χ0n) is 33.6. The summed E-state index contributed by atoms with van der Waals surface area (Å²) in [6.07, 6.45) is 15.4. The summed E-state index contributed by atoms with van der Waals surface area (Å²) < 4.78 is 0. The minimum absolute atomic E-state index is 0.0185. The number of carbonyl (C=O) groups is 4. The molecule has 0 bridgehead atoms. The first-order valence-corrected chi connectivity index (χ1v) is 20.3. The van der Waals surface area contributed by atoms with E-state index in [1.807, 2.05) is 64.9 Å². The predicted octanol–water partition coefficient (Wildman–Crippen LogP) is 7.61. The molecular formula is C46H54N6O4. The highest BCUT2D eigenvalue weighted by Gasteiger charge is 2.32. The minimum Gasteiger partial charge on any atom is -0.349 e. The molecular weight excluding hydrogens is 701 g/mol. The van der Waals surface area contributed by atoms with E-state index in [1.165, 1.54) is 22.3 Å². The molecule has 2 aliphatic heterocycles. The van der Waals surface area contributed by atoms with E-state index in [0.717, 1.165) is 83.3 Å². The summed E-state index contributed by atoms with van der Waals surface area (Å²) in [6.45, 7) is 8.16. The number of hydrogen-bond donors (Lipinski definition) is 2. The van der Waals surface area contributed by atoms with E-state index >= 15 is 0 Å². The van der Waals surface area contributed by atoms with Crippen molar-refractivity contribution >= 4 is 35.0 Å². The smallest absolute Gasteiger partial charge is 0.227 e. The van der Waals surface area contributed by atoms with Crippen LogP contribution in [0.1, 0.15) is 112 Å². The van der Waals surface area contributed by atoms with Crippen molar-refractivity contribution in [1.82, 2.24) is 20.6 Å². The van der Waals surface area contributed by atoms with Gasteiger partial charge in [-0.1, -0.05) is 39.8 Å². The van der Waals surface area contributed by atoms with E-state index in [0.29, 0.717) is 37.5 Å². The van der Waals surface area contributed by atoms with Crippen LogP contribution in [0.5, 0.6) is 0 Å². The number of amides is 4. The molecule has 4 aromatic rings. The Labute approximate surface area is 330 Å². The average molecular weight is 755 g/mol. The monoisotopic (exact) mass is 754 g/mol. The zero-order chi connectivity index (χ0) is 39.7. The fourth-order valence-corrected chi connectivity index (χ4v) is 8.93. The summed E-state index contributed by atoms with van der Waals surface area (Å²) in [7, 11) is 3.68. The number of rotatable bonds is 6. The van der Waals surface area contributed by atoms with Gasteiger partial charge in [-0.3, -0.25) is 29.1 Å². The number of nitrogens with one attached hydrogen (secondary N) is 2. The molecule has 4 aliphatic rings. The fourth-order valence-electron chi connectivity index (χ4n) is 8.93. The maximum absolute atomic E-state index is 12.0. The molecule has 2 aromatic carbocycles. The van der Waals surface area contributed by atoms with Gasteiger partial charge in [0.05, 0.1) is 12.1 Å². The van der Waals surface area contributed by atoms with Gasteiger partial charge in [-0.15, -0.1) is 0 Å². The number of fused-ring (bicyclic) bond motifs is 4. The van der Waals surface area contributed by atoms with Crippen molar-refractivity contribution in [3.8, 4) is 22.3 Å². The third kappa shape index (κ3) is 7.58. The Hall–Kier alpha value is -5.38. The number of anilines is 2. The summed E-state index contributed by atoms with van der Waals surface area (Å²) >= 11 is 0. The molecule has 0 fully saturated rings. The molecule has 10 heteroatoms. The normalized spacial score (nSPS) is 21.1. The number of nitrogens with zero attached hydrogens (tertiary/aromatic N) is 4. The number of carbonyl (C=O) groups excluding carboxylic acids is 4. The Morgan fingerprint density at radius 3 is 1.43 bits per heavy atom. The third-order valence-electron chi connectivity index (χ3n) is 12.4. The molecule has 0 saturated carbocycles. The van der Waals surface area contributed by atoms with E-state index in [9.17, 15) is 19.2 Å². The summed E-state index contributed by atoms with van der Waals surface area (Å²) in [5.74, 6) is 1.28. The van der Waals surface area contributed by atoms with Crippen LogP contribution in [0.3, 0.4) is 0 Å². The quantitative estimate of drug-likeness (QED) is 0.209. The van der Waals surface area contributed by atoms with Crippen LogP contribution >= 0.6 is 0 Å². The molecule has 2 N–H and O–H groups in total. The van der Waals surface area contributed by atoms with Gasteiger partial charge >= 0.3 is 0 Å². The SMILES string of the molecule is CCC(=O)N[C@@H]1c2cncc(-c3ccc4c(c3)CCC(=O)N4C)c2CC[C@H]1C.CCC(=O)N[C@H]1c2cncc(-c3ccc4c(c3)CCC(=O)N4C)c2CC[C@@H]1C. The topological polar surface area (TPSA) is 125 Å². The highest BCUT2D eigenvalue weighted by atomic mass is 16.2. The highest BCUT2D eigenvalue weighted by Crippen LogP contribution is 2.42. The summed E-state index contributed by atoms with van der Waals surface area (Å²) in [5, 5.41) is 6.38. The Bertz CT molecular complexity index is 2030. The second-order valence-corrected chi connectivity index (χ2v) is 15.9. The van der Waals surface area contributed by atoms with Crippen molar-refractivity contribution in [2.75, 3.05) is 23.9 Å². The van der Waals surface area contributed by atoms with Crippen molar-refractivity contribution in [2.45, 2.75) is 104 Å². The van der Waals surface area contributed by atoms with Crippen LogP contribution in [0.15, 0.2) is 61.2 Å². The molecule has 292 valence electrons. The van der Waals surface area contributed by atoms with Gasteiger partial charge in [-0.05, 0) is 119 Å². The maximum atomic E-state index is 12.0. The molecule has 0 unspecified atom stereocenters. The Kier molecular flexibility index (Phi) is 11.4. The van der Waals surface area contributed by atoms with Crippen LogP contribution < -0.4 is 20.4 Å². The van der Waals surface area contributed by atoms with E-state index in [2.05, 4.69) is 58.7 Å². The number of aryl methyl sites for hydroxylation is 2. The molecule has 4 heterocycles. The van der Waals surface area contributed by atoms with Gasteiger partial charge in [0.15, 0.2) is 0 Å². The van der Waals surface area contributed by atoms with Gasteiger partial charge < -0.3 is 20.4 Å². The predicted molar refractivity (Wildman–Crippen MR) is 220 cm³/mol. The molecule has 0 radical (unpaired) electrons. The van der Waals surface area contributed by atoms with Gasteiger partial charge in [0.1, 0.15) is 0 Å². The standard InChI is InChI=1S/2C23H27N3O2/c2*1-4-21(27)25-23-14(2)5-8-17-18(12-24-13-19(17)23)15-6-9-20-16(11-15)7-10-22(28)26(20)3/h2*6,9,11-14,23H,4-5,7-8,10H2,1-3H3,(H,25,27)/t2*14-,23+/m10/s1. The van der Waals surface area contributed by atoms with E-state index in [-0.39, 0.29) is 35.7 Å². The molecule has 2 aromatic heterocycles. The van der Waals surface area contributed by atoms with Crippen LogP contribution in [0, 0.1) is 11.8 Å². The Balaban J connectivity index is 0.000000172. The van der Waals surface area contributed by atoms with E-state index < -0.39 is 0 Å². The molecule has 56 heavy (non-hydrogen) atoms. The van der Waals surface area contributed by atoms with Gasteiger partial charge in [0, 0.05) is 87.1 Å². The molecule has 4 amide bonds. The second-order valence-electron chi connectivity index (χ2n) is 15.9. The van der Waals surface area contributed by atoms with Gasteiger partial charge in [-0.25, -0.2) is 0 Å². The van der Waals surface area contributed by atoms with Gasteiger partial charge in [0.2, 0.25) is 23.6 Å². The van der Waals surface area contributed by atoms with Crippen LogP contribution in [-0.2, 0) is 44.9 Å². The molecule has 2 aliphatic carbocycles. The first-order valence-electron chi connectivity index (χ1n) is 20.3. The number of hydrogen-bond acceptors (Lipinski definition) is 6. The summed E-state index contributed by atoms with van der Waals surface area (Å²) in [4.78, 5) is 60.5. The molecule has 4 atom stereocenters. The van der Waals surface area contributed by atoms with Gasteiger partial charge in [0.25, 0.3) is 0 Å². The highest BCUT2D eigenvalue weighted by molar-refractivity contribution is 5.97. The van der Waals surface area contributed by atoms with E-state index in [4.69, 9.17) is 0 Å². The van der Waals surface area contributed by atoms with Crippen molar-refractivity contribution in [2.24, 2.45) is 11.8 Å². The Morgan fingerprint density at radius 2 is 1.04 bits per heavy atom. The Morgan fingerprint density at radius 1 is 0.625 bits per heavy atom. The van der Waals surface area contributed by atoms with Crippen molar-refractivity contribution in [3.05, 3.63) is 94.6 Å². The van der Waals surface area contributed by atoms with Crippen molar-refractivity contribution in [3.63, 3.8) is 0 Å². The number of pyridine rings is 2. The summed E-state index contributed by atoms with van der Waals surface area (Å²) in [6, 6.07) is 12.7. The lowest BCUT2D eigenvalue weighted by Gasteiger charge is -2.33. The van der Waals surface area contributed by atoms with Gasteiger partial charge in [-0.2, -0.15) is 0 Å². The van der Waals surface area contributed by atoms with Crippen LogP contribution in [0.25, 0.3) is 22.3 Å². The lowest BCUT2D eigenvalue weighted by atomic mass is 9.78. The number of benzene rings is 2. The maximum Gasteiger partial charge on any atom is 0.227 e. The zero-order valence-corrected chi connectivity index (χ0v) is 33.6. The second kappa shape index (κ2) is 16.4. The van der Waals surface area contributed by atoms with Crippen LogP contribution in [0.2, 0.25) is 0 Å².